The van der Waals surface area contributed by atoms with Crippen molar-refractivity contribution < 1.29 is 14.2 Å². The summed E-state index contributed by atoms with van der Waals surface area (Å²) < 4.78 is 19.6. The van der Waals surface area contributed by atoms with Crippen molar-refractivity contribution in [1.29, 1.82) is 0 Å². The first-order valence-corrected chi connectivity index (χ1v) is 7.86. The SMILES string of the molecule is COc1cc(-c2ccc(C3CCCCC3)cc2F)ccc1O. The van der Waals surface area contributed by atoms with Gasteiger partial charge >= 0.3 is 0 Å². The molecule has 0 atom stereocenters. The van der Waals surface area contributed by atoms with Crippen molar-refractivity contribution in [3.05, 3.63) is 47.8 Å². The molecule has 2 nitrogen and oxygen atoms in total. The number of halogens is 1. The zero-order valence-electron chi connectivity index (χ0n) is 12.8. The number of phenols is 1. The summed E-state index contributed by atoms with van der Waals surface area (Å²) >= 11 is 0. The monoisotopic (exact) mass is 300 g/mol. The van der Waals surface area contributed by atoms with Crippen LogP contribution in [-0.2, 0) is 0 Å². The smallest absolute Gasteiger partial charge is 0.161 e. The minimum atomic E-state index is -0.212. The van der Waals surface area contributed by atoms with E-state index in [1.165, 1.54) is 32.4 Å². The van der Waals surface area contributed by atoms with Gasteiger partial charge < -0.3 is 9.84 Å². The van der Waals surface area contributed by atoms with E-state index >= 15 is 0 Å². The van der Waals surface area contributed by atoms with Crippen LogP contribution in [0.1, 0.15) is 43.6 Å². The van der Waals surface area contributed by atoms with Gasteiger partial charge in [0.2, 0.25) is 0 Å². The van der Waals surface area contributed by atoms with Gasteiger partial charge in [-0.2, -0.15) is 0 Å². The second-order valence-corrected chi connectivity index (χ2v) is 5.96. The van der Waals surface area contributed by atoms with Gasteiger partial charge in [0.05, 0.1) is 7.11 Å². The summed E-state index contributed by atoms with van der Waals surface area (Å²) in [6.07, 6.45) is 6.09. The van der Waals surface area contributed by atoms with Crippen molar-refractivity contribution in [1.82, 2.24) is 0 Å². The molecule has 0 unspecified atom stereocenters. The van der Waals surface area contributed by atoms with Crippen LogP contribution in [0.15, 0.2) is 36.4 Å². The molecule has 3 rings (SSSR count). The normalized spacial score (nSPS) is 15.7. The van der Waals surface area contributed by atoms with Crippen molar-refractivity contribution in [2.75, 3.05) is 7.11 Å². The number of phenolic OH excluding ortho intramolecular Hbond substituents is 1. The van der Waals surface area contributed by atoms with E-state index in [1.807, 2.05) is 12.1 Å². The molecule has 0 spiro atoms. The van der Waals surface area contributed by atoms with Crippen molar-refractivity contribution >= 4 is 0 Å². The minimum Gasteiger partial charge on any atom is -0.504 e. The van der Waals surface area contributed by atoms with E-state index in [0.29, 0.717) is 22.8 Å². The number of aromatic hydroxyl groups is 1. The van der Waals surface area contributed by atoms with Gasteiger partial charge in [0.1, 0.15) is 5.82 Å². The van der Waals surface area contributed by atoms with Crippen LogP contribution < -0.4 is 4.74 Å². The molecule has 1 saturated carbocycles. The number of ether oxygens (including phenoxy) is 1. The third-order valence-corrected chi connectivity index (χ3v) is 4.56. The van der Waals surface area contributed by atoms with Gasteiger partial charge in [-0.25, -0.2) is 4.39 Å². The van der Waals surface area contributed by atoms with E-state index in [2.05, 4.69) is 0 Å². The average Bonchev–Trinajstić information content (AvgIpc) is 2.56. The lowest BCUT2D eigenvalue weighted by atomic mass is 9.83. The maximum Gasteiger partial charge on any atom is 0.161 e. The molecule has 0 radical (unpaired) electrons. The van der Waals surface area contributed by atoms with Gasteiger partial charge in [0, 0.05) is 5.56 Å². The van der Waals surface area contributed by atoms with Gasteiger partial charge in [-0.05, 0) is 48.1 Å². The summed E-state index contributed by atoms with van der Waals surface area (Å²) in [6.45, 7) is 0. The van der Waals surface area contributed by atoms with E-state index in [1.54, 1.807) is 18.2 Å². The molecule has 1 fully saturated rings. The van der Waals surface area contributed by atoms with Gasteiger partial charge in [0.25, 0.3) is 0 Å². The fraction of sp³-hybridized carbons (Fsp3) is 0.368. The Kier molecular flexibility index (Phi) is 4.32. The first-order chi connectivity index (χ1) is 10.7. The number of benzene rings is 2. The fourth-order valence-corrected chi connectivity index (χ4v) is 3.30. The fourth-order valence-electron chi connectivity index (χ4n) is 3.30. The van der Waals surface area contributed by atoms with E-state index in [0.717, 1.165) is 18.4 Å². The molecule has 0 bridgehead atoms. The molecule has 1 aliphatic carbocycles. The number of methoxy groups -OCH3 is 1. The summed E-state index contributed by atoms with van der Waals surface area (Å²) in [4.78, 5) is 0. The largest absolute Gasteiger partial charge is 0.504 e. The van der Waals surface area contributed by atoms with Crippen LogP contribution in [0, 0.1) is 5.82 Å². The summed E-state index contributed by atoms with van der Waals surface area (Å²) in [5.41, 5.74) is 2.35. The highest BCUT2D eigenvalue weighted by Crippen LogP contribution is 2.36. The van der Waals surface area contributed by atoms with Crippen LogP contribution >= 0.6 is 0 Å². The Balaban J connectivity index is 1.91. The Labute approximate surface area is 130 Å². The number of rotatable bonds is 3. The predicted molar refractivity (Wildman–Crippen MR) is 85.9 cm³/mol. The Bertz CT molecular complexity index is 660. The van der Waals surface area contributed by atoms with Gasteiger partial charge in [0.15, 0.2) is 11.5 Å². The van der Waals surface area contributed by atoms with Crippen LogP contribution in [-0.4, -0.2) is 12.2 Å². The molecule has 116 valence electrons. The van der Waals surface area contributed by atoms with Crippen LogP contribution in [0.2, 0.25) is 0 Å². The molecule has 0 aliphatic heterocycles. The van der Waals surface area contributed by atoms with E-state index in [4.69, 9.17) is 4.74 Å². The van der Waals surface area contributed by atoms with Gasteiger partial charge in [-0.1, -0.05) is 37.5 Å². The number of hydrogen-bond acceptors (Lipinski definition) is 2. The molecule has 0 amide bonds. The van der Waals surface area contributed by atoms with Crippen molar-refractivity contribution in [3.8, 4) is 22.6 Å². The molecule has 0 saturated heterocycles. The zero-order chi connectivity index (χ0) is 15.5. The molecule has 0 heterocycles. The summed E-state index contributed by atoms with van der Waals surface area (Å²) in [6, 6.07) is 10.4. The van der Waals surface area contributed by atoms with Crippen LogP contribution in [0.25, 0.3) is 11.1 Å². The Hall–Kier alpha value is -2.03. The summed E-state index contributed by atoms with van der Waals surface area (Å²) in [7, 11) is 1.49. The van der Waals surface area contributed by atoms with Crippen LogP contribution in [0.4, 0.5) is 4.39 Å². The lowest BCUT2D eigenvalue weighted by Crippen LogP contribution is -2.05. The molecule has 0 aromatic heterocycles. The van der Waals surface area contributed by atoms with E-state index in [-0.39, 0.29) is 11.6 Å². The summed E-state index contributed by atoms with van der Waals surface area (Å²) in [5, 5.41) is 9.65. The van der Waals surface area contributed by atoms with Crippen LogP contribution in [0.5, 0.6) is 11.5 Å². The lowest BCUT2D eigenvalue weighted by molar-refractivity contribution is 0.373. The summed E-state index contributed by atoms with van der Waals surface area (Å²) in [5.74, 6) is 0.696. The second kappa shape index (κ2) is 6.39. The standard InChI is InChI=1S/C19H21FO2/c1-22-19-12-15(8-10-18(19)21)16-9-7-14(11-17(16)20)13-5-3-2-4-6-13/h7-13,21H,2-6H2,1H3. The second-order valence-electron chi connectivity index (χ2n) is 5.96. The first kappa shape index (κ1) is 14.9. The third-order valence-electron chi connectivity index (χ3n) is 4.56. The van der Waals surface area contributed by atoms with Crippen molar-refractivity contribution in [2.24, 2.45) is 0 Å². The molecule has 22 heavy (non-hydrogen) atoms. The minimum absolute atomic E-state index is 0.0606. The molecular weight excluding hydrogens is 279 g/mol. The zero-order valence-corrected chi connectivity index (χ0v) is 12.8. The predicted octanol–water partition coefficient (Wildman–Crippen LogP) is 5.25. The number of hydrogen-bond donors (Lipinski definition) is 1. The highest BCUT2D eigenvalue weighted by Gasteiger charge is 2.17. The van der Waals surface area contributed by atoms with Gasteiger partial charge in [-0.3, -0.25) is 0 Å². The Morgan fingerprint density at radius 2 is 1.82 bits per heavy atom. The average molecular weight is 300 g/mol. The topological polar surface area (TPSA) is 29.5 Å². The van der Waals surface area contributed by atoms with Crippen molar-refractivity contribution in [2.45, 2.75) is 38.0 Å². The maximum absolute atomic E-state index is 14.5. The van der Waals surface area contributed by atoms with Gasteiger partial charge in [-0.15, -0.1) is 0 Å². The molecule has 3 heteroatoms. The first-order valence-electron chi connectivity index (χ1n) is 7.86. The molecule has 1 N–H and O–H groups in total. The Morgan fingerprint density at radius 1 is 1.05 bits per heavy atom. The van der Waals surface area contributed by atoms with Crippen LogP contribution in [0.3, 0.4) is 0 Å². The maximum atomic E-state index is 14.5. The van der Waals surface area contributed by atoms with Crippen molar-refractivity contribution in [3.63, 3.8) is 0 Å². The highest BCUT2D eigenvalue weighted by molar-refractivity contribution is 5.68. The van der Waals surface area contributed by atoms with E-state index in [9.17, 15) is 9.50 Å². The lowest BCUT2D eigenvalue weighted by Gasteiger charge is -2.22. The quantitative estimate of drug-likeness (QED) is 0.838. The molecule has 1 aliphatic rings. The van der Waals surface area contributed by atoms with E-state index < -0.39 is 0 Å². The molecule has 2 aromatic rings. The molecular formula is C19H21FO2. The Morgan fingerprint density at radius 3 is 2.50 bits per heavy atom. The molecule has 2 aromatic carbocycles. The highest BCUT2D eigenvalue weighted by atomic mass is 19.1. The third kappa shape index (κ3) is 2.94.